The number of carbonyl (C=O) groups excluding carboxylic acids is 1. The van der Waals surface area contributed by atoms with Crippen molar-refractivity contribution >= 4 is 48.5 Å². The predicted octanol–water partition coefficient (Wildman–Crippen LogP) is 8.56. The van der Waals surface area contributed by atoms with Gasteiger partial charge in [0.25, 0.3) is 0 Å². The van der Waals surface area contributed by atoms with E-state index in [2.05, 4.69) is 36.3 Å². The van der Waals surface area contributed by atoms with Crippen molar-refractivity contribution in [3.05, 3.63) is 113 Å². The number of aryl methyl sites for hydroxylation is 1. The molecule has 0 radical (unpaired) electrons. The summed E-state index contributed by atoms with van der Waals surface area (Å²) >= 11 is 1.49. The van der Waals surface area contributed by atoms with E-state index in [4.69, 9.17) is 0 Å². The summed E-state index contributed by atoms with van der Waals surface area (Å²) in [5.41, 5.74) is 5.10. The third-order valence-electron chi connectivity index (χ3n) is 6.30. The summed E-state index contributed by atoms with van der Waals surface area (Å²) in [5, 5.41) is 0.967. The van der Waals surface area contributed by atoms with Crippen LogP contribution < -0.4 is 4.72 Å². The highest BCUT2D eigenvalue weighted by Crippen LogP contribution is 2.40. The lowest BCUT2D eigenvalue weighted by Gasteiger charge is -2.20. The van der Waals surface area contributed by atoms with Crippen molar-refractivity contribution in [1.82, 2.24) is 4.98 Å². The Morgan fingerprint density at radius 2 is 1.56 bits per heavy atom. The number of aromatic nitrogens is 1. The van der Waals surface area contributed by atoms with E-state index >= 15 is 0 Å². The second-order valence-corrected chi connectivity index (χ2v) is 13.6. The first-order chi connectivity index (χ1) is 18.5. The first-order valence-corrected chi connectivity index (χ1v) is 15.3. The Labute approximate surface area is 235 Å². The fraction of sp³-hybridized carbons (Fsp3) is 0.182. The van der Waals surface area contributed by atoms with E-state index in [9.17, 15) is 9.00 Å². The summed E-state index contributed by atoms with van der Waals surface area (Å²) in [6, 6.07) is 27.5. The molecule has 39 heavy (non-hydrogen) atoms. The van der Waals surface area contributed by atoms with Crippen molar-refractivity contribution in [3.8, 4) is 11.1 Å². The lowest BCUT2D eigenvalue weighted by atomic mass is 9.87. The second kappa shape index (κ2) is 11.6. The standard InChI is InChI=1S/C27H27NO2S2.C6H7N/c1-18(29)26-25(19-9-7-6-8-10-19)23-17-21(13-16-24(23)31-26)28-32(5,30)22-14-11-20(12-15-22)27(2,3)4;1-6-2-4-7-5-3-6/h6-17H,5H2,1-4H3,(H,28,30);2-5H,1H3. The molecule has 0 fully saturated rings. The number of ketones is 1. The molecule has 2 aromatic heterocycles. The van der Waals surface area contributed by atoms with Gasteiger partial charge in [-0.3, -0.25) is 9.78 Å². The van der Waals surface area contributed by atoms with Crippen LogP contribution in [0.4, 0.5) is 5.69 Å². The third-order valence-corrected chi connectivity index (χ3v) is 9.17. The van der Waals surface area contributed by atoms with E-state index in [-0.39, 0.29) is 11.2 Å². The maximum Gasteiger partial charge on any atom is 0.170 e. The Hall–Kier alpha value is -3.74. The maximum atomic E-state index is 13.4. The molecule has 0 spiro atoms. The van der Waals surface area contributed by atoms with Crippen LogP contribution in [0.2, 0.25) is 0 Å². The van der Waals surface area contributed by atoms with E-state index in [0.717, 1.165) is 26.1 Å². The molecule has 0 amide bonds. The van der Waals surface area contributed by atoms with Gasteiger partial charge in [0.2, 0.25) is 0 Å². The van der Waals surface area contributed by atoms with Gasteiger partial charge in [0.1, 0.15) is 0 Å². The van der Waals surface area contributed by atoms with Gasteiger partial charge >= 0.3 is 0 Å². The van der Waals surface area contributed by atoms with Gasteiger partial charge in [-0.25, -0.2) is 4.21 Å². The minimum atomic E-state index is -2.74. The van der Waals surface area contributed by atoms with Crippen LogP contribution in [0, 0.1) is 6.92 Å². The van der Waals surface area contributed by atoms with Gasteiger partial charge in [-0.1, -0.05) is 63.2 Å². The van der Waals surface area contributed by atoms with Crippen LogP contribution in [0.5, 0.6) is 0 Å². The van der Waals surface area contributed by atoms with Crippen LogP contribution in [-0.2, 0) is 15.1 Å². The molecular weight excluding hydrogens is 521 g/mol. The Bertz CT molecular complexity index is 1680. The van der Waals surface area contributed by atoms with Crippen molar-refractivity contribution in [2.75, 3.05) is 4.72 Å². The minimum Gasteiger partial charge on any atom is -0.309 e. The van der Waals surface area contributed by atoms with Crippen molar-refractivity contribution in [2.24, 2.45) is 0 Å². The Kier molecular flexibility index (Phi) is 8.38. The van der Waals surface area contributed by atoms with Gasteiger partial charge in [-0.15, -0.1) is 11.3 Å². The highest BCUT2D eigenvalue weighted by molar-refractivity contribution is 8.01. The number of benzene rings is 3. The quantitative estimate of drug-likeness (QED) is 0.175. The number of hydrogen-bond donors (Lipinski definition) is 1. The number of rotatable bonds is 5. The van der Waals surface area contributed by atoms with Crippen molar-refractivity contribution in [3.63, 3.8) is 0 Å². The lowest BCUT2D eigenvalue weighted by Crippen LogP contribution is -2.14. The first kappa shape index (κ1) is 28.3. The molecule has 200 valence electrons. The highest BCUT2D eigenvalue weighted by Gasteiger charge is 2.19. The number of fused-ring (bicyclic) bond motifs is 1. The van der Waals surface area contributed by atoms with Crippen molar-refractivity contribution in [2.45, 2.75) is 44.9 Å². The van der Waals surface area contributed by atoms with Crippen molar-refractivity contribution in [1.29, 1.82) is 0 Å². The zero-order valence-electron chi connectivity index (χ0n) is 23.0. The van der Waals surface area contributed by atoms with Crippen LogP contribution in [0.1, 0.15) is 48.5 Å². The van der Waals surface area contributed by atoms with Gasteiger partial charge in [0.15, 0.2) is 5.78 Å². The fourth-order valence-electron chi connectivity index (χ4n) is 4.15. The molecule has 0 aliphatic carbocycles. The monoisotopic (exact) mass is 554 g/mol. The molecule has 0 saturated heterocycles. The zero-order chi connectivity index (χ0) is 28.2. The average molecular weight is 555 g/mol. The molecule has 1 N–H and O–H groups in total. The third kappa shape index (κ3) is 6.83. The van der Waals surface area contributed by atoms with Gasteiger partial charge in [0, 0.05) is 38.6 Å². The normalized spacial score (nSPS) is 12.7. The van der Waals surface area contributed by atoms with Gasteiger partial charge in [-0.2, -0.15) is 0 Å². The number of nitrogens with one attached hydrogen (secondary N) is 1. The zero-order valence-corrected chi connectivity index (χ0v) is 24.7. The number of Topliss-reactive ketones (excluding diaryl/α,β-unsaturated/α-hetero) is 1. The van der Waals surface area contributed by atoms with Gasteiger partial charge in [-0.05, 0) is 84.3 Å². The Balaban J connectivity index is 0.000000438. The molecule has 4 nitrogen and oxygen atoms in total. The Morgan fingerprint density at radius 3 is 2.10 bits per heavy atom. The largest absolute Gasteiger partial charge is 0.309 e. The van der Waals surface area contributed by atoms with Crippen LogP contribution in [-0.4, -0.2) is 20.8 Å². The highest BCUT2D eigenvalue weighted by atomic mass is 32.2. The molecule has 1 unspecified atom stereocenters. The molecule has 0 bridgehead atoms. The molecule has 3 aromatic carbocycles. The van der Waals surface area contributed by atoms with E-state index in [0.29, 0.717) is 10.6 Å². The molecule has 0 saturated carbocycles. The van der Waals surface area contributed by atoms with Crippen LogP contribution in [0.15, 0.2) is 102 Å². The van der Waals surface area contributed by atoms with E-state index in [1.54, 1.807) is 19.3 Å². The van der Waals surface area contributed by atoms with Crippen LogP contribution >= 0.6 is 11.3 Å². The summed E-state index contributed by atoms with van der Waals surface area (Å²) in [4.78, 5) is 17.6. The van der Waals surface area contributed by atoms with Crippen LogP contribution in [0.3, 0.4) is 0 Å². The number of carbonyl (C=O) groups is 1. The van der Waals surface area contributed by atoms with Crippen molar-refractivity contribution < 1.29 is 9.00 Å². The minimum absolute atomic E-state index is 0.0280. The fourth-order valence-corrected chi connectivity index (χ4v) is 6.45. The SMILES string of the molecule is C=S(=O)(Nc1ccc2sc(C(C)=O)c(-c3ccccc3)c2c1)c1ccc(C(C)(C)C)cc1.Cc1ccncc1. The van der Waals surface area contributed by atoms with Crippen LogP contribution in [0.25, 0.3) is 21.2 Å². The number of pyridine rings is 1. The van der Waals surface area contributed by atoms with Gasteiger partial charge < -0.3 is 4.72 Å². The molecule has 5 aromatic rings. The Morgan fingerprint density at radius 1 is 0.923 bits per heavy atom. The van der Waals surface area contributed by atoms with Gasteiger partial charge in [0.05, 0.1) is 14.6 Å². The molecular formula is C33H34N2O2S2. The number of nitrogens with zero attached hydrogens (tertiary/aromatic N) is 1. The molecule has 6 heteroatoms. The van der Waals surface area contributed by atoms with E-state index < -0.39 is 9.71 Å². The smallest absolute Gasteiger partial charge is 0.170 e. The maximum absolute atomic E-state index is 13.4. The van der Waals surface area contributed by atoms with E-state index in [1.807, 2.05) is 91.9 Å². The summed E-state index contributed by atoms with van der Waals surface area (Å²) in [7, 11) is -2.74. The molecule has 0 aliphatic heterocycles. The average Bonchev–Trinajstić information content (AvgIpc) is 3.29. The second-order valence-electron chi connectivity index (χ2n) is 10.5. The first-order valence-electron chi connectivity index (χ1n) is 12.7. The predicted molar refractivity (Wildman–Crippen MR) is 169 cm³/mol. The number of thiophene rings is 1. The molecule has 5 rings (SSSR count). The molecule has 2 heterocycles. The summed E-state index contributed by atoms with van der Waals surface area (Å²) in [6.45, 7) is 10.1. The topological polar surface area (TPSA) is 59.1 Å². The lowest BCUT2D eigenvalue weighted by molar-refractivity contribution is 0.102. The summed E-state index contributed by atoms with van der Waals surface area (Å²) < 4.78 is 17.6. The molecule has 0 aliphatic rings. The number of hydrogen-bond acceptors (Lipinski definition) is 4. The van der Waals surface area contributed by atoms with E-state index in [1.165, 1.54) is 22.5 Å². The molecule has 1 atom stereocenters. The summed E-state index contributed by atoms with van der Waals surface area (Å²) in [5.74, 6) is 4.03. The number of anilines is 1. The summed E-state index contributed by atoms with van der Waals surface area (Å²) in [6.07, 6.45) is 3.57.